The maximum absolute atomic E-state index is 14.8. The number of amides is 4. The van der Waals surface area contributed by atoms with Crippen LogP contribution < -0.4 is 5.32 Å². The minimum absolute atomic E-state index is 0.0491. The summed E-state index contributed by atoms with van der Waals surface area (Å²) in [5, 5.41) is 3.13. The highest BCUT2D eigenvalue weighted by atomic mass is 19.1. The standard InChI is InChI=1S/C32H36FN3O4/c33-27-17-9-4-12-23(27)21-36(29(37)18-19-35-31(39)25-15-7-8-16-26(25)32(35)40)28(20-22-10-2-1-3-11-22)30(38)34-24-13-5-6-14-24/h1-4,7-12,17,24-26,28H,5-6,13-16,18-21H2,(H,34,38)/t25-,26+,28?. The number of hydrogen-bond donors (Lipinski definition) is 1. The Bertz CT molecular complexity index is 1250. The maximum atomic E-state index is 14.8. The molecule has 210 valence electrons. The lowest BCUT2D eigenvalue weighted by Crippen LogP contribution is -2.52. The van der Waals surface area contributed by atoms with Crippen molar-refractivity contribution in [2.75, 3.05) is 6.54 Å². The van der Waals surface area contributed by atoms with Crippen LogP contribution in [-0.2, 0) is 32.1 Å². The molecule has 1 heterocycles. The van der Waals surface area contributed by atoms with Crippen LogP contribution in [0, 0.1) is 17.7 Å². The molecule has 3 atom stereocenters. The van der Waals surface area contributed by atoms with Gasteiger partial charge in [-0.05, 0) is 37.3 Å². The zero-order chi connectivity index (χ0) is 28.1. The first-order valence-electron chi connectivity index (χ1n) is 14.3. The molecule has 2 fully saturated rings. The number of fused-ring (bicyclic) bond motifs is 1. The number of carbonyl (C=O) groups excluding carboxylic acids is 4. The molecule has 5 rings (SSSR count). The summed E-state index contributed by atoms with van der Waals surface area (Å²) in [6.45, 7) is -0.155. The molecule has 7 nitrogen and oxygen atoms in total. The van der Waals surface area contributed by atoms with Crippen molar-refractivity contribution in [2.45, 2.75) is 70.0 Å². The Morgan fingerprint density at radius 1 is 0.925 bits per heavy atom. The van der Waals surface area contributed by atoms with E-state index in [-0.39, 0.29) is 61.5 Å². The van der Waals surface area contributed by atoms with E-state index in [0.29, 0.717) is 18.4 Å². The maximum Gasteiger partial charge on any atom is 0.243 e. The van der Waals surface area contributed by atoms with Crippen LogP contribution in [0.5, 0.6) is 0 Å². The summed E-state index contributed by atoms with van der Waals surface area (Å²) in [4.78, 5) is 56.2. The molecule has 0 radical (unpaired) electrons. The zero-order valence-electron chi connectivity index (χ0n) is 22.6. The molecule has 3 aliphatic rings. The normalized spacial score (nSPS) is 21.4. The van der Waals surface area contributed by atoms with E-state index in [1.807, 2.05) is 42.5 Å². The fourth-order valence-corrected chi connectivity index (χ4v) is 6.17. The van der Waals surface area contributed by atoms with Crippen molar-refractivity contribution in [1.82, 2.24) is 15.1 Å². The molecular weight excluding hydrogens is 509 g/mol. The van der Waals surface area contributed by atoms with E-state index >= 15 is 0 Å². The van der Waals surface area contributed by atoms with E-state index in [4.69, 9.17) is 0 Å². The topological polar surface area (TPSA) is 86.8 Å². The van der Waals surface area contributed by atoms with Crippen molar-refractivity contribution in [1.29, 1.82) is 0 Å². The van der Waals surface area contributed by atoms with Gasteiger partial charge in [0.15, 0.2) is 0 Å². The van der Waals surface area contributed by atoms with Crippen molar-refractivity contribution in [3.8, 4) is 0 Å². The van der Waals surface area contributed by atoms with Crippen LogP contribution in [0.15, 0.2) is 66.7 Å². The molecule has 1 aliphatic heterocycles. The van der Waals surface area contributed by atoms with Crippen molar-refractivity contribution < 1.29 is 23.6 Å². The van der Waals surface area contributed by atoms with Crippen LogP contribution in [0.2, 0.25) is 0 Å². The monoisotopic (exact) mass is 545 g/mol. The number of imide groups is 1. The van der Waals surface area contributed by atoms with Gasteiger partial charge in [-0.2, -0.15) is 0 Å². The number of halogens is 1. The predicted molar refractivity (Wildman–Crippen MR) is 148 cm³/mol. The minimum atomic E-state index is -0.883. The number of likely N-dealkylation sites (tertiary alicyclic amines) is 1. The van der Waals surface area contributed by atoms with Crippen molar-refractivity contribution in [3.05, 3.63) is 83.7 Å². The van der Waals surface area contributed by atoms with E-state index in [0.717, 1.165) is 31.2 Å². The minimum Gasteiger partial charge on any atom is -0.352 e. The quantitative estimate of drug-likeness (QED) is 0.359. The molecule has 0 bridgehead atoms. The van der Waals surface area contributed by atoms with Crippen molar-refractivity contribution in [3.63, 3.8) is 0 Å². The van der Waals surface area contributed by atoms with Gasteiger partial charge in [0.1, 0.15) is 11.9 Å². The average Bonchev–Trinajstić information content (AvgIpc) is 3.57. The molecule has 0 spiro atoms. The van der Waals surface area contributed by atoms with Gasteiger partial charge >= 0.3 is 0 Å². The summed E-state index contributed by atoms with van der Waals surface area (Å²) < 4.78 is 14.8. The Morgan fingerprint density at radius 3 is 2.20 bits per heavy atom. The second kappa shape index (κ2) is 12.6. The lowest BCUT2D eigenvalue weighted by atomic mass is 9.85. The molecule has 1 N–H and O–H groups in total. The molecule has 4 amide bonds. The molecule has 1 saturated carbocycles. The molecular formula is C32H36FN3O4. The predicted octanol–water partition coefficient (Wildman–Crippen LogP) is 4.17. The molecule has 2 aromatic rings. The first kappa shape index (κ1) is 27.7. The lowest BCUT2D eigenvalue weighted by molar-refractivity contribution is -0.144. The third kappa shape index (κ3) is 6.16. The molecule has 1 saturated heterocycles. The summed E-state index contributed by atoms with van der Waals surface area (Å²) in [5.74, 6) is -2.36. The van der Waals surface area contributed by atoms with Gasteiger partial charge in [0.25, 0.3) is 0 Å². The van der Waals surface area contributed by atoms with E-state index in [1.54, 1.807) is 18.2 Å². The van der Waals surface area contributed by atoms with E-state index in [9.17, 15) is 23.6 Å². The first-order valence-corrected chi connectivity index (χ1v) is 14.3. The number of carbonyl (C=O) groups is 4. The molecule has 8 heteroatoms. The van der Waals surface area contributed by atoms with Gasteiger partial charge in [-0.25, -0.2) is 4.39 Å². The molecule has 2 aromatic carbocycles. The average molecular weight is 546 g/mol. The summed E-state index contributed by atoms with van der Waals surface area (Å²) in [6.07, 6.45) is 8.89. The number of benzene rings is 2. The van der Waals surface area contributed by atoms with E-state index < -0.39 is 17.8 Å². The molecule has 40 heavy (non-hydrogen) atoms. The summed E-state index contributed by atoms with van der Waals surface area (Å²) >= 11 is 0. The van der Waals surface area contributed by atoms with Crippen molar-refractivity contribution in [2.24, 2.45) is 11.8 Å². The first-order chi connectivity index (χ1) is 19.4. The van der Waals surface area contributed by atoms with Crippen LogP contribution in [0.1, 0.15) is 56.1 Å². The SMILES string of the molecule is O=C(NC1CCCC1)C(Cc1ccccc1)N(Cc1ccccc1F)C(=O)CCN1C(=O)[C@H]2CC=CC[C@H]2C1=O. The molecule has 2 aliphatic carbocycles. The third-order valence-corrected chi connectivity index (χ3v) is 8.42. The fraction of sp³-hybridized carbons (Fsp3) is 0.438. The number of hydrogen-bond acceptors (Lipinski definition) is 4. The summed E-state index contributed by atoms with van der Waals surface area (Å²) in [7, 11) is 0. The smallest absolute Gasteiger partial charge is 0.243 e. The summed E-state index contributed by atoms with van der Waals surface area (Å²) in [5.41, 5.74) is 1.18. The van der Waals surface area contributed by atoms with Crippen molar-refractivity contribution >= 4 is 23.6 Å². The van der Waals surface area contributed by atoms with Crippen LogP contribution >= 0.6 is 0 Å². The second-order valence-electron chi connectivity index (χ2n) is 11.0. The zero-order valence-corrected chi connectivity index (χ0v) is 22.6. The van der Waals surface area contributed by atoms with Gasteiger partial charge < -0.3 is 10.2 Å². The largest absolute Gasteiger partial charge is 0.352 e. The van der Waals surface area contributed by atoms with Gasteiger partial charge in [-0.1, -0.05) is 73.5 Å². The Morgan fingerprint density at radius 2 is 1.55 bits per heavy atom. The number of allylic oxidation sites excluding steroid dienone is 2. The van der Waals surface area contributed by atoms with E-state index in [1.165, 1.54) is 15.9 Å². The van der Waals surface area contributed by atoms with Gasteiger partial charge in [0.05, 0.1) is 11.8 Å². The number of nitrogens with zero attached hydrogens (tertiary/aromatic N) is 2. The van der Waals surface area contributed by atoms with E-state index in [2.05, 4.69) is 5.32 Å². The molecule has 0 aromatic heterocycles. The van der Waals surface area contributed by atoms with Gasteiger partial charge in [-0.3, -0.25) is 24.1 Å². The number of rotatable bonds is 10. The highest BCUT2D eigenvalue weighted by molar-refractivity contribution is 6.05. The Kier molecular flexibility index (Phi) is 8.72. The van der Waals surface area contributed by atoms with Crippen LogP contribution in [0.3, 0.4) is 0 Å². The Balaban J connectivity index is 1.39. The fourth-order valence-electron chi connectivity index (χ4n) is 6.17. The number of nitrogens with one attached hydrogen (secondary N) is 1. The van der Waals surface area contributed by atoms with Gasteiger partial charge in [0.2, 0.25) is 23.6 Å². The Hall–Kier alpha value is -3.81. The lowest BCUT2D eigenvalue weighted by Gasteiger charge is -2.33. The second-order valence-corrected chi connectivity index (χ2v) is 11.0. The van der Waals surface area contributed by atoms with Crippen LogP contribution in [-0.4, -0.2) is 52.1 Å². The van der Waals surface area contributed by atoms with Crippen LogP contribution in [0.25, 0.3) is 0 Å². The third-order valence-electron chi connectivity index (χ3n) is 8.42. The highest BCUT2D eigenvalue weighted by Crippen LogP contribution is 2.35. The van der Waals surface area contributed by atoms with Crippen LogP contribution in [0.4, 0.5) is 4.39 Å². The summed E-state index contributed by atoms with van der Waals surface area (Å²) in [6, 6.07) is 14.8. The Labute approximate surface area is 234 Å². The molecule has 1 unspecified atom stereocenters. The van der Waals surface area contributed by atoms with Gasteiger partial charge in [0, 0.05) is 37.5 Å². The van der Waals surface area contributed by atoms with Gasteiger partial charge in [-0.15, -0.1) is 0 Å². The highest BCUT2D eigenvalue weighted by Gasteiger charge is 2.47.